The number of anilines is 1. The van der Waals surface area contributed by atoms with Gasteiger partial charge in [-0.1, -0.05) is 11.6 Å². The van der Waals surface area contributed by atoms with Gasteiger partial charge in [-0.05, 0) is 25.1 Å². The number of ether oxygens (including phenoxy) is 2. The molecule has 0 bridgehead atoms. The van der Waals surface area contributed by atoms with Crippen molar-refractivity contribution in [3.05, 3.63) is 46.5 Å². The number of nitrogens with two attached hydrogens (primary N) is 2. The Morgan fingerprint density at radius 1 is 1.45 bits per heavy atom. The monoisotopic (exact) mass is 293 g/mol. The molecule has 1 spiro atoms. The van der Waals surface area contributed by atoms with Crippen LogP contribution in [0.25, 0.3) is 0 Å². The molecule has 5 N–H and O–H groups in total. The molecule has 0 radical (unpaired) electrons. The molecular formula is C13H12ClN3O3. The number of rotatable bonds is 1. The minimum Gasteiger partial charge on any atom is -0.457 e. The van der Waals surface area contributed by atoms with Gasteiger partial charge < -0.3 is 26.3 Å². The van der Waals surface area contributed by atoms with E-state index in [0.29, 0.717) is 22.2 Å². The van der Waals surface area contributed by atoms with Gasteiger partial charge in [0.05, 0.1) is 5.69 Å². The molecule has 0 fully saturated rings. The number of carbonyl (C=O) groups is 1. The molecule has 2 aliphatic heterocycles. The summed E-state index contributed by atoms with van der Waals surface area (Å²) >= 11 is 5.94. The van der Waals surface area contributed by atoms with Crippen LogP contribution in [0.2, 0.25) is 5.02 Å². The number of hydrogen-bond donors (Lipinski definition) is 3. The second-order valence-electron chi connectivity index (χ2n) is 4.56. The van der Waals surface area contributed by atoms with Crippen molar-refractivity contribution in [3.63, 3.8) is 0 Å². The Labute approximate surface area is 120 Å². The Kier molecular flexibility index (Phi) is 2.58. The van der Waals surface area contributed by atoms with E-state index in [1.807, 2.05) is 0 Å². The molecule has 0 saturated carbocycles. The van der Waals surface area contributed by atoms with Crippen molar-refractivity contribution >= 4 is 23.2 Å². The fraction of sp³-hybridized carbons (Fsp3) is 0.154. The van der Waals surface area contributed by atoms with Crippen molar-refractivity contribution in [2.24, 2.45) is 11.5 Å². The summed E-state index contributed by atoms with van der Waals surface area (Å²) in [6, 6.07) is 5.08. The van der Waals surface area contributed by atoms with E-state index >= 15 is 0 Å². The number of benzene rings is 1. The van der Waals surface area contributed by atoms with Gasteiger partial charge in [-0.2, -0.15) is 0 Å². The lowest BCUT2D eigenvalue weighted by atomic mass is 10.00. The van der Waals surface area contributed by atoms with E-state index < -0.39 is 11.6 Å². The summed E-state index contributed by atoms with van der Waals surface area (Å²) in [6.07, 6.45) is 1.61. The predicted molar refractivity (Wildman–Crippen MR) is 73.7 cm³/mol. The van der Waals surface area contributed by atoms with Crippen LogP contribution >= 0.6 is 11.6 Å². The summed E-state index contributed by atoms with van der Waals surface area (Å²) in [7, 11) is 0. The third-order valence-electron chi connectivity index (χ3n) is 3.07. The van der Waals surface area contributed by atoms with Crippen molar-refractivity contribution in [2.75, 3.05) is 5.32 Å². The Morgan fingerprint density at radius 2 is 2.20 bits per heavy atom. The van der Waals surface area contributed by atoms with E-state index in [4.69, 9.17) is 32.5 Å². The number of carbonyl (C=O) groups excluding carboxylic acids is 1. The van der Waals surface area contributed by atoms with Crippen molar-refractivity contribution in [1.82, 2.24) is 0 Å². The number of hydrogen-bond acceptors (Lipinski definition) is 5. The summed E-state index contributed by atoms with van der Waals surface area (Å²) in [6.45, 7) is 1.70. The molecule has 104 valence electrons. The van der Waals surface area contributed by atoms with Gasteiger partial charge in [-0.3, -0.25) is 4.79 Å². The quantitative estimate of drug-likeness (QED) is 0.727. The Bertz CT molecular complexity index is 683. The molecule has 0 saturated heterocycles. The lowest BCUT2D eigenvalue weighted by Gasteiger charge is -2.31. The lowest BCUT2D eigenvalue weighted by molar-refractivity contribution is -0.116. The maximum atomic E-state index is 11.7. The van der Waals surface area contributed by atoms with Gasteiger partial charge in [0, 0.05) is 11.1 Å². The van der Waals surface area contributed by atoms with E-state index in [0.717, 1.165) is 0 Å². The molecule has 20 heavy (non-hydrogen) atoms. The van der Waals surface area contributed by atoms with Gasteiger partial charge >= 0.3 is 0 Å². The molecule has 1 atom stereocenters. The highest BCUT2D eigenvalue weighted by Gasteiger charge is 2.48. The topological polar surface area (TPSA) is 99.6 Å². The van der Waals surface area contributed by atoms with Gasteiger partial charge in [0.25, 0.3) is 5.91 Å². The van der Waals surface area contributed by atoms with Crippen molar-refractivity contribution in [2.45, 2.75) is 12.6 Å². The van der Waals surface area contributed by atoms with E-state index in [-0.39, 0.29) is 11.5 Å². The SMILES string of the molecule is CC1=C[C@@]2(Nc3cc(Cl)ccc3O2)C(C(N)=O)=C(N)O1. The number of nitrogens with one attached hydrogen (secondary N) is 1. The fourth-order valence-electron chi connectivity index (χ4n) is 2.37. The molecule has 3 rings (SSSR count). The van der Waals surface area contributed by atoms with Crippen LogP contribution in [0.3, 0.4) is 0 Å². The molecule has 0 unspecified atom stereocenters. The van der Waals surface area contributed by atoms with E-state index in [1.54, 1.807) is 31.2 Å². The van der Waals surface area contributed by atoms with Crippen LogP contribution in [0.1, 0.15) is 6.92 Å². The minimum atomic E-state index is -1.26. The Balaban J connectivity index is 2.13. The molecule has 6 nitrogen and oxygen atoms in total. The van der Waals surface area contributed by atoms with Gasteiger partial charge in [0.15, 0.2) is 0 Å². The molecule has 2 heterocycles. The van der Waals surface area contributed by atoms with Gasteiger partial charge in [-0.25, -0.2) is 0 Å². The number of fused-ring (bicyclic) bond motifs is 1. The van der Waals surface area contributed by atoms with Crippen LogP contribution in [0.4, 0.5) is 5.69 Å². The van der Waals surface area contributed by atoms with E-state index in [1.165, 1.54) is 0 Å². The molecule has 1 amide bonds. The van der Waals surface area contributed by atoms with Crippen LogP contribution < -0.4 is 21.5 Å². The smallest absolute Gasteiger partial charge is 0.256 e. The number of halogens is 1. The highest BCUT2D eigenvalue weighted by Crippen LogP contribution is 2.44. The molecular weight excluding hydrogens is 282 g/mol. The van der Waals surface area contributed by atoms with Gasteiger partial charge in [0.1, 0.15) is 17.1 Å². The second kappa shape index (κ2) is 4.08. The summed E-state index contributed by atoms with van der Waals surface area (Å²) in [5, 5.41) is 3.62. The highest BCUT2D eigenvalue weighted by atomic mass is 35.5. The molecule has 7 heteroatoms. The second-order valence-corrected chi connectivity index (χ2v) is 5.00. The summed E-state index contributed by atoms with van der Waals surface area (Å²) in [4.78, 5) is 11.7. The third-order valence-corrected chi connectivity index (χ3v) is 3.31. The van der Waals surface area contributed by atoms with E-state index in [9.17, 15) is 4.79 Å². The first-order valence-electron chi connectivity index (χ1n) is 5.85. The number of allylic oxidation sites excluding steroid dienone is 1. The Morgan fingerprint density at radius 3 is 2.90 bits per heavy atom. The zero-order valence-corrected chi connectivity index (χ0v) is 11.3. The largest absolute Gasteiger partial charge is 0.457 e. The standard InChI is InChI=1S/C13H12ClN3O3/c1-6-5-13(10(11(15)18)12(16)19-6)17-8-4-7(14)2-3-9(8)20-13/h2-5,17H,16H2,1H3,(H2,15,18)/t13-/m0/s1. The third kappa shape index (κ3) is 1.77. The molecule has 0 aliphatic carbocycles. The van der Waals surface area contributed by atoms with Crippen molar-refractivity contribution in [3.8, 4) is 5.75 Å². The number of amides is 1. The summed E-state index contributed by atoms with van der Waals surface area (Å²) < 4.78 is 11.1. The normalized spacial score (nSPS) is 23.6. The average Bonchev–Trinajstić information content (AvgIpc) is 2.63. The van der Waals surface area contributed by atoms with E-state index in [2.05, 4.69) is 5.32 Å². The zero-order valence-electron chi connectivity index (χ0n) is 10.6. The van der Waals surface area contributed by atoms with Crippen LogP contribution in [0.5, 0.6) is 5.75 Å². The van der Waals surface area contributed by atoms with Crippen LogP contribution in [-0.4, -0.2) is 11.6 Å². The first-order valence-corrected chi connectivity index (χ1v) is 6.23. The highest BCUT2D eigenvalue weighted by molar-refractivity contribution is 6.31. The average molecular weight is 294 g/mol. The molecule has 1 aromatic carbocycles. The van der Waals surface area contributed by atoms with Crippen LogP contribution in [0, 0.1) is 0 Å². The number of primary amides is 1. The maximum Gasteiger partial charge on any atom is 0.256 e. The Hall–Kier alpha value is -2.34. The first kappa shape index (κ1) is 12.7. The van der Waals surface area contributed by atoms with Crippen LogP contribution in [-0.2, 0) is 9.53 Å². The minimum absolute atomic E-state index is 0.0235. The molecule has 2 aliphatic rings. The van der Waals surface area contributed by atoms with Gasteiger partial charge in [0.2, 0.25) is 11.6 Å². The van der Waals surface area contributed by atoms with Crippen molar-refractivity contribution in [1.29, 1.82) is 0 Å². The molecule has 0 aromatic heterocycles. The predicted octanol–water partition coefficient (Wildman–Crippen LogP) is 1.43. The fourth-order valence-corrected chi connectivity index (χ4v) is 2.54. The van der Waals surface area contributed by atoms with Crippen LogP contribution in [0.15, 0.2) is 41.5 Å². The van der Waals surface area contributed by atoms with Gasteiger partial charge in [-0.15, -0.1) is 0 Å². The maximum absolute atomic E-state index is 11.7. The summed E-state index contributed by atoms with van der Waals surface area (Å²) in [5.74, 6) is 0.243. The summed E-state index contributed by atoms with van der Waals surface area (Å²) in [5.41, 5.74) is 10.6. The lowest BCUT2D eigenvalue weighted by Crippen LogP contribution is -2.48. The molecule has 1 aromatic rings. The zero-order chi connectivity index (χ0) is 14.5. The van der Waals surface area contributed by atoms with Crippen molar-refractivity contribution < 1.29 is 14.3 Å². The first-order chi connectivity index (χ1) is 9.41.